The molecule has 0 amide bonds. The first kappa shape index (κ1) is 12.4. The minimum Gasteiger partial charge on any atom is -0.381 e. The van der Waals surface area contributed by atoms with E-state index >= 15 is 0 Å². The zero-order valence-electron chi connectivity index (χ0n) is 11.5. The maximum absolute atomic E-state index is 4.29. The number of nitrogens with one attached hydrogen (secondary N) is 1. The maximum Gasteiger partial charge on any atom is 0.0642 e. The Hall–Kier alpha value is -1.39. The molecule has 3 fully saturated rings. The van der Waals surface area contributed by atoms with Crippen LogP contribution in [0.5, 0.6) is 0 Å². The van der Waals surface area contributed by atoms with E-state index in [1.165, 1.54) is 48.1 Å². The van der Waals surface area contributed by atoms with E-state index in [9.17, 15) is 0 Å². The molecule has 3 aliphatic rings. The first-order chi connectivity index (χ1) is 9.81. The highest BCUT2D eigenvalue weighted by Gasteiger charge is 2.34. The molecule has 1 N–H and O–H groups in total. The van der Waals surface area contributed by atoms with Gasteiger partial charge in [-0.25, -0.2) is 0 Å². The van der Waals surface area contributed by atoms with Gasteiger partial charge < -0.3 is 10.2 Å². The lowest BCUT2D eigenvalue weighted by atomic mass is 9.84. The van der Waals surface area contributed by atoms with Gasteiger partial charge in [-0.3, -0.25) is 0 Å². The molecule has 1 atom stereocenters. The van der Waals surface area contributed by atoms with E-state index in [1.807, 2.05) is 6.20 Å². The molecule has 20 heavy (non-hydrogen) atoms. The van der Waals surface area contributed by atoms with Crippen LogP contribution in [0.1, 0.15) is 18.4 Å². The quantitative estimate of drug-likeness (QED) is 0.940. The Labute approximate surface area is 123 Å². The zero-order valence-corrected chi connectivity index (χ0v) is 12.3. The molecule has 5 rings (SSSR count). The van der Waals surface area contributed by atoms with Crippen molar-refractivity contribution >= 4 is 27.3 Å². The number of nitrogens with zero attached hydrogens (tertiary/aromatic N) is 2. The summed E-state index contributed by atoms with van der Waals surface area (Å²) in [6, 6.07) is 6.92. The van der Waals surface area contributed by atoms with Crippen molar-refractivity contribution in [3.05, 3.63) is 36.5 Å². The average Bonchev–Trinajstić information content (AvgIpc) is 2.96. The van der Waals surface area contributed by atoms with Crippen LogP contribution < -0.4 is 5.32 Å². The molecular formula is C16H19N3S. The van der Waals surface area contributed by atoms with Gasteiger partial charge in [-0.1, -0.05) is 24.8 Å². The van der Waals surface area contributed by atoms with Gasteiger partial charge in [0.2, 0.25) is 0 Å². The molecular weight excluding hydrogens is 266 g/mol. The Kier molecular flexibility index (Phi) is 3.00. The molecule has 2 aromatic rings. The van der Waals surface area contributed by atoms with Crippen LogP contribution in [-0.4, -0.2) is 34.9 Å². The van der Waals surface area contributed by atoms with Crippen molar-refractivity contribution in [2.45, 2.75) is 18.9 Å². The van der Waals surface area contributed by atoms with Crippen molar-refractivity contribution in [2.75, 3.05) is 19.6 Å². The summed E-state index contributed by atoms with van der Waals surface area (Å²) < 4.78 is 5.54. The van der Waals surface area contributed by atoms with Gasteiger partial charge in [0, 0.05) is 35.4 Å². The maximum atomic E-state index is 4.29. The number of fused-ring (bicyclic) bond motifs is 4. The summed E-state index contributed by atoms with van der Waals surface area (Å²) in [5, 5.41) is 4.90. The Morgan fingerprint density at radius 3 is 2.95 bits per heavy atom. The summed E-state index contributed by atoms with van der Waals surface area (Å²) in [4.78, 5) is 2.57. The minimum absolute atomic E-state index is 0.563. The van der Waals surface area contributed by atoms with Crippen molar-refractivity contribution < 1.29 is 0 Å². The highest BCUT2D eigenvalue weighted by molar-refractivity contribution is 7.13. The van der Waals surface area contributed by atoms with Gasteiger partial charge >= 0.3 is 0 Å². The largest absolute Gasteiger partial charge is 0.381 e. The molecule has 0 saturated carbocycles. The average molecular weight is 285 g/mol. The fourth-order valence-corrected chi connectivity index (χ4v) is 4.35. The number of hydrogen-bond acceptors (Lipinski definition) is 4. The molecule has 3 nitrogen and oxygen atoms in total. The smallest absolute Gasteiger partial charge is 0.0642 e. The van der Waals surface area contributed by atoms with Crippen molar-refractivity contribution in [3.63, 3.8) is 0 Å². The Morgan fingerprint density at radius 1 is 1.35 bits per heavy atom. The van der Waals surface area contributed by atoms with Crippen molar-refractivity contribution in [3.8, 4) is 0 Å². The molecule has 3 aliphatic heterocycles. The van der Waals surface area contributed by atoms with Crippen molar-refractivity contribution in [1.29, 1.82) is 0 Å². The molecule has 0 spiro atoms. The third-order valence-corrected chi connectivity index (χ3v) is 5.57. The van der Waals surface area contributed by atoms with Crippen molar-refractivity contribution in [1.82, 2.24) is 14.6 Å². The van der Waals surface area contributed by atoms with Crippen molar-refractivity contribution in [2.24, 2.45) is 5.92 Å². The molecule has 0 radical (unpaired) electrons. The van der Waals surface area contributed by atoms with Crippen LogP contribution in [0.15, 0.2) is 31.0 Å². The van der Waals surface area contributed by atoms with Crippen LogP contribution in [-0.2, 0) is 0 Å². The van der Waals surface area contributed by atoms with Crippen LogP contribution in [0, 0.1) is 5.92 Å². The van der Waals surface area contributed by atoms with Gasteiger partial charge in [0.25, 0.3) is 0 Å². The van der Waals surface area contributed by atoms with E-state index < -0.39 is 0 Å². The Morgan fingerprint density at radius 2 is 2.20 bits per heavy atom. The highest BCUT2D eigenvalue weighted by atomic mass is 32.1. The Balaban J connectivity index is 1.57. The number of rotatable bonds is 3. The lowest BCUT2D eigenvalue weighted by Gasteiger charge is -2.45. The van der Waals surface area contributed by atoms with E-state index in [1.54, 1.807) is 11.5 Å². The second-order valence-corrected chi connectivity index (χ2v) is 6.72. The lowest BCUT2D eigenvalue weighted by molar-refractivity contribution is 0.0801. The molecule has 1 aromatic heterocycles. The first-order valence-electron chi connectivity index (χ1n) is 7.33. The van der Waals surface area contributed by atoms with E-state index in [0.717, 1.165) is 11.6 Å². The normalized spacial score (nSPS) is 28.7. The van der Waals surface area contributed by atoms with Gasteiger partial charge in [-0.2, -0.15) is 4.37 Å². The van der Waals surface area contributed by atoms with E-state index in [0.29, 0.717) is 6.04 Å². The zero-order chi connectivity index (χ0) is 13.5. The second-order valence-electron chi connectivity index (χ2n) is 5.92. The second kappa shape index (κ2) is 4.86. The fraction of sp³-hybridized carbons (Fsp3) is 0.438. The summed E-state index contributed by atoms with van der Waals surface area (Å²) in [5.41, 5.74) is 2.26. The summed E-state index contributed by atoms with van der Waals surface area (Å²) >= 11 is 1.56. The molecule has 2 bridgehead atoms. The summed E-state index contributed by atoms with van der Waals surface area (Å²) in [6.45, 7) is 8.01. The van der Waals surface area contributed by atoms with Gasteiger partial charge in [-0.05, 0) is 43.4 Å². The van der Waals surface area contributed by atoms with Crippen LogP contribution in [0.25, 0.3) is 15.8 Å². The molecule has 104 valence electrons. The summed E-state index contributed by atoms with van der Waals surface area (Å²) in [6.07, 6.45) is 4.59. The van der Waals surface area contributed by atoms with Gasteiger partial charge in [0.1, 0.15) is 0 Å². The number of aromatic nitrogens is 1. The highest BCUT2D eigenvalue weighted by Crippen LogP contribution is 2.31. The van der Waals surface area contributed by atoms with Crippen LogP contribution in [0.2, 0.25) is 0 Å². The molecule has 0 aliphatic carbocycles. The molecule has 3 saturated heterocycles. The number of hydrogen-bond donors (Lipinski definition) is 1. The van der Waals surface area contributed by atoms with Crippen LogP contribution >= 0.6 is 11.5 Å². The monoisotopic (exact) mass is 285 g/mol. The predicted molar refractivity (Wildman–Crippen MR) is 84.7 cm³/mol. The molecule has 1 unspecified atom stereocenters. The van der Waals surface area contributed by atoms with Crippen LogP contribution in [0.4, 0.5) is 0 Å². The fourth-order valence-electron chi connectivity index (χ4n) is 3.56. The third-order valence-electron chi connectivity index (χ3n) is 4.72. The molecule has 1 aromatic carbocycles. The molecule has 4 heteroatoms. The van der Waals surface area contributed by atoms with Crippen LogP contribution in [0.3, 0.4) is 0 Å². The van der Waals surface area contributed by atoms with E-state index in [4.69, 9.17) is 0 Å². The summed E-state index contributed by atoms with van der Waals surface area (Å²) in [7, 11) is 0. The van der Waals surface area contributed by atoms with Gasteiger partial charge in [0.05, 0.1) is 4.70 Å². The number of piperidine rings is 3. The predicted octanol–water partition coefficient (Wildman–Crippen LogP) is 2.95. The van der Waals surface area contributed by atoms with E-state index in [-0.39, 0.29) is 0 Å². The van der Waals surface area contributed by atoms with Gasteiger partial charge in [-0.15, -0.1) is 0 Å². The Bertz CT molecular complexity index is 640. The lowest BCUT2D eigenvalue weighted by Crippen LogP contribution is -2.55. The third kappa shape index (κ3) is 2.03. The van der Waals surface area contributed by atoms with E-state index in [2.05, 4.69) is 39.4 Å². The standard InChI is InChI=1S/C16H19N3S/c1-11(14-4-2-3-13-9-17-20-16(13)14)18-15-10-19-7-5-12(15)6-8-19/h2-4,9,12,15,18H,1,5-8,10H2. The summed E-state index contributed by atoms with van der Waals surface area (Å²) in [5.74, 6) is 0.817. The topological polar surface area (TPSA) is 28.2 Å². The molecule has 4 heterocycles. The SMILES string of the molecule is C=C(NC1CN2CCC1CC2)c1cccc2cnsc12. The first-order valence-corrected chi connectivity index (χ1v) is 8.10. The minimum atomic E-state index is 0.563. The van der Waals surface area contributed by atoms with Gasteiger partial charge in [0.15, 0.2) is 0 Å². The number of benzene rings is 1.